The van der Waals surface area contributed by atoms with Gasteiger partial charge in [-0.05, 0) is 55.1 Å². The summed E-state index contributed by atoms with van der Waals surface area (Å²) in [6.45, 7) is 6.73. The molecule has 0 aliphatic carbocycles. The van der Waals surface area contributed by atoms with Gasteiger partial charge in [0.15, 0.2) is 0 Å². The summed E-state index contributed by atoms with van der Waals surface area (Å²) < 4.78 is 0. The highest BCUT2D eigenvalue weighted by Gasteiger charge is 2.29. The highest BCUT2D eigenvalue weighted by molar-refractivity contribution is 7.12. The minimum atomic E-state index is 0.184. The smallest absolute Gasteiger partial charge is 0.264 e. The van der Waals surface area contributed by atoms with Gasteiger partial charge in [-0.1, -0.05) is 18.2 Å². The van der Waals surface area contributed by atoms with Crippen molar-refractivity contribution in [1.29, 1.82) is 5.26 Å². The summed E-state index contributed by atoms with van der Waals surface area (Å²) in [5.41, 5.74) is 1.96. The molecular formula is C22H26N4OS. The first-order chi connectivity index (χ1) is 13.7. The summed E-state index contributed by atoms with van der Waals surface area (Å²) in [7, 11) is 0. The van der Waals surface area contributed by atoms with E-state index in [0.29, 0.717) is 6.04 Å². The van der Waals surface area contributed by atoms with E-state index in [1.165, 1.54) is 29.7 Å². The Labute approximate surface area is 170 Å². The zero-order chi connectivity index (χ0) is 19.3. The molecule has 28 heavy (non-hydrogen) atoms. The van der Waals surface area contributed by atoms with E-state index in [9.17, 15) is 4.79 Å². The van der Waals surface area contributed by atoms with Crippen LogP contribution in [0.2, 0.25) is 0 Å². The number of nitriles is 1. The standard InChI is InChI=1S/C22H26N4OS/c23-16-18-3-1-4-19(15-18)17-24-8-6-20(7-9-24)25-10-12-26(13-11-25)22(27)21-5-2-14-28-21/h1-5,14-15,20H,6-13,17H2. The van der Waals surface area contributed by atoms with Crippen LogP contribution in [0.5, 0.6) is 0 Å². The molecule has 0 atom stereocenters. The molecule has 146 valence electrons. The molecule has 2 aliphatic rings. The topological polar surface area (TPSA) is 50.6 Å². The van der Waals surface area contributed by atoms with Gasteiger partial charge in [0.1, 0.15) is 0 Å². The summed E-state index contributed by atoms with van der Waals surface area (Å²) >= 11 is 1.53. The molecule has 3 heterocycles. The van der Waals surface area contributed by atoms with Crippen LogP contribution in [0.3, 0.4) is 0 Å². The summed E-state index contributed by atoms with van der Waals surface area (Å²) in [4.78, 5) is 20.4. The third-order valence-corrected chi connectivity index (χ3v) is 6.73. The lowest BCUT2D eigenvalue weighted by Gasteiger charge is -2.42. The monoisotopic (exact) mass is 394 g/mol. The van der Waals surface area contributed by atoms with Gasteiger partial charge in [-0.3, -0.25) is 14.6 Å². The Morgan fingerprint density at radius 2 is 1.86 bits per heavy atom. The Morgan fingerprint density at radius 1 is 1.07 bits per heavy atom. The second-order valence-electron chi connectivity index (χ2n) is 7.62. The van der Waals surface area contributed by atoms with E-state index in [1.54, 1.807) is 0 Å². The Bertz CT molecular complexity index is 828. The molecule has 2 aliphatic heterocycles. The van der Waals surface area contributed by atoms with Crippen molar-refractivity contribution < 1.29 is 4.79 Å². The van der Waals surface area contributed by atoms with Gasteiger partial charge in [-0.25, -0.2) is 0 Å². The molecule has 1 aromatic heterocycles. The molecule has 0 saturated carbocycles. The van der Waals surface area contributed by atoms with Crippen molar-refractivity contribution in [2.24, 2.45) is 0 Å². The number of piperidine rings is 1. The molecule has 6 heteroatoms. The zero-order valence-corrected chi connectivity index (χ0v) is 16.9. The number of amides is 1. The van der Waals surface area contributed by atoms with E-state index in [2.05, 4.69) is 21.9 Å². The Hall–Kier alpha value is -2.20. The normalized spacial score (nSPS) is 19.5. The SMILES string of the molecule is N#Cc1cccc(CN2CCC(N3CCN(C(=O)c4cccs4)CC3)CC2)c1. The Morgan fingerprint density at radius 3 is 2.54 bits per heavy atom. The van der Waals surface area contributed by atoms with Gasteiger partial charge in [0.05, 0.1) is 16.5 Å². The van der Waals surface area contributed by atoms with Crippen LogP contribution in [0.25, 0.3) is 0 Å². The van der Waals surface area contributed by atoms with Gasteiger partial charge in [0, 0.05) is 38.8 Å². The van der Waals surface area contributed by atoms with Crippen LogP contribution < -0.4 is 0 Å². The summed E-state index contributed by atoms with van der Waals surface area (Å²) in [6, 6.07) is 14.6. The fourth-order valence-electron chi connectivity index (χ4n) is 4.29. The lowest BCUT2D eigenvalue weighted by Crippen LogP contribution is -2.54. The van der Waals surface area contributed by atoms with Crippen LogP contribution in [0, 0.1) is 11.3 Å². The van der Waals surface area contributed by atoms with Crippen molar-refractivity contribution in [3.8, 4) is 6.07 Å². The number of carbonyl (C=O) groups excluding carboxylic acids is 1. The molecule has 0 bridgehead atoms. The van der Waals surface area contributed by atoms with Gasteiger partial charge >= 0.3 is 0 Å². The van der Waals surface area contributed by atoms with Crippen molar-refractivity contribution in [3.63, 3.8) is 0 Å². The average molecular weight is 395 g/mol. The van der Waals surface area contributed by atoms with Crippen LogP contribution in [-0.2, 0) is 6.54 Å². The molecule has 1 amide bonds. The first kappa shape index (κ1) is 19.1. The second-order valence-corrected chi connectivity index (χ2v) is 8.57. The van der Waals surface area contributed by atoms with Crippen LogP contribution in [-0.4, -0.2) is 65.9 Å². The van der Waals surface area contributed by atoms with Crippen LogP contribution in [0.1, 0.15) is 33.6 Å². The van der Waals surface area contributed by atoms with Crippen molar-refractivity contribution >= 4 is 17.2 Å². The van der Waals surface area contributed by atoms with Crippen molar-refractivity contribution in [1.82, 2.24) is 14.7 Å². The van der Waals surface area contributed by atoms with Crippen LogP contribution >= 0.6 is 11.3 Å². The maximum Gasteiger partial charge on any atom is 0.264 e. The first-order valence-electron chi connectivity index (χ1n) is 10.0. The molecule has 1 aromatic carbocycles. The Kier molecular flexibility index (Phi) is 6.06. The number of benzene rings is 1. The van der Waals surface area contributed by atoms with Crippen molar-refractivity contribution in [2.75, 3.05) is 39.3 Å². The van der Waals surface area contributed by atoms with Gasteiger partial charge in [-0.15, -0.1) is 11.3 Å². The average Bonchev–Trinajstić information content (AvgIpc) is 3.29. The maximum atomic E-state index is 12.5. The van der Waals surface area contributed by atoms with E-state index in [1.807, 2.05) is 40.6 Å². The van der Waals surface area contributed by atoms with E-state index < -0.39 is 0 Å². The maximum absolute atomic E-state index is 12.5. The minimum absolute atomic E-state index is 0.184. The fourth-order valence-corrected chi connectivity index (χ4v) is 4.98. The van der Waals surface area contributed by atoms with Gasteiger partial charge in [0.25, 0.3) is 5.91 Å². The largest absolute Gasteiger partial charge is 0.335 e. The quantitative estimate of drug-likeness (QED) is 0.800. The molecule has 0 N–H and O–H groups in total. The minimum Gasteiger partial charge on any atom is -0.335 e. The number of piperazine rings is 1. The third kappa shape index (κ3) is 4.44. The molecule has 0 radical (unpaired) electrons. The zero-order valence-electron chi connectivity index (χ0n) is 16.1. The van der Waals surface area contributed by atoms with E-state index in [0.717, 1.165) is 56.3 Å². The van der Waals surface area contributed by atoms with Gasteiger partial charge in [0.2, 0.25) is 0 Å². The highest BCUT2D eigenvalue weighted by Crippen LogP contribution is 2.21. The molecule has 2 saturated heterocycles. The second kappa shape index (κ2) is 8.87. The number of rotatable bonds is 4. The van der Waals surface area contributed by atoms with Gasteiger partial charge in [-0.2, -0.15) is 5.26 Å². The Balaban J connectivity index is 1.23. The van der Waals surface area contributed by atoms with E-state index in [-0.39, 0.29) is 5.91 Å². The lowest BCUT2D eigenvalue weighted by molar-refractivity contribution is 0.0448. The summed E-state index contributed by atoms with van der Waals surface area (Å²) in [6.07, 6.45) is 2.35. The molecule has 5 nitrogen and oxygen atoms in total. The van der Waals surface area contributed by atoms with Crippen LogP contribution in [0.4, 0.5) is 0 Å². The number of hydrogen-bond acceptors (Lipinski definition) is 5. The van der Waals surface area contributed by atoms with Crippen molar-refractivity contribution in [2.45, 2.75) is 25.4 Å². The van der Waals surface area contributed by atoms with Crippen LogP contribution in [0.15, 0.2) is 41.8 Å². The molecule has 2 fully saturated rings. The predicted octanol–water partition coefficient (Wildman–Crippen LogP) is 3.04. The first-order valence-corrected chi connectivity index (χ1v) is 10.9. The van der Waals surface area contributed by atoms with E-state index >= 15 is 0 Å². The number of likely N-dealkylation sites (tertiary alicyclic amines) is 1. The molecular weight excluding hydrogens is 368 g/mol. The van der Waals surface area contributed by atoms with E-state index in [4.69, 9.17) is 5.26 Å². The molecule has 0 spiro atoms. The number of thiophene rings is 1. The van der Waals surface area contributed by atoms with Crippen molar-refractivity contribution in [3.05, 3.63) is 57.8 Å². The molecule has 0 unspecified atom stereocenters. The third-order valence-electron chi connectivity index (χ3n) is 5.87. The lowest BCUT2D eigenvalue weighted by atomic mass is 10.0. The highest BCUT2D eigenvalue weighted by atomic mass is 32.1. The fraction of sp³-hybridized carbons (Fsp3) is 0.455. The summed E-state index contributed by atoms with van der Waals surface area (Å²) in [5.74, 6) is 0.184. The van der Waals surface area contributed by atoms with Gasteiger partial charge < -0.3 is 4.90 Å². The predicted molar refractivity (Wildman–Crippen MR) is 111 cm³/mol. The molecule has 4 rings (SSSR count). The molecule has 2 aromatic rings. The number of carbonyl (C=O) groups is 1. The number of hydrogen-bond donors (Lipinski definition) is 0. The summed E-state index contributed by atoms with van der Waals surface area (Å²) in [5, 5.41) is 11.0. The number of nitrogens with zero attached hydrogens (tertiary/aromatic N) is 4.